The molecule has 2 aromatic carbocycles. The Bertz CT molecular complexity index is 1420. The molecule has 1 aromatic heterocycles. The molecule has 0 saturated heterocycles. The number of amides is 2. The molecule has 2 amide bonds. The number of non-ortho nitro benzene ring substituents is 1. The molecule has 40 heavy (non-hydrogen) atoms. The first kappa shape index (κ1) is 29.3. The summed E-state index contributed by atoms with van der Waals surface area (Å²) < 4.78 is 5.34. The zero-order valence-electron chi connectivity index (χ0n) is 22.4. The Morgan fingerprint density at radius 2 is 1.82 bits per heavy atom. The van der Waals surface area contributed by atoms with Gasteiger partial charge in [-0.2, -0.15) is 0 Å². The molecular formula is C29H31N3O6S2. The van der Waals surface area contributed by atoms with Crippen LogP contribution in [0.2, 0.25) is 0 Å². The van der Waals surface area contributed by atoms with Crippen molar-refractivity contribution in [2.45, 2.75) is 62.5 Å². The molecular weight excluding hydrogens is 550 g/mol. The summed E-state index contributed by atoms with van der Waals surface area (Å²) in [5.74, 6) is -1.08. The molecule has 210 valence electrons. The second kappa shape index (κ2) is 13.6. The second-order valence-corrected chi connectivity index (χ2v) is 11.7. The molecule has 1 unspecified atom stereocenters. The topological polar surface area (TPSA) is 128 Å². The Labute approximate surface area is 240 Å². The van der Waals surface area contributed by atoms with Gasteiger partial charge >= 0.3 is 5.97 Å². The van der Waals surface area contributed by atoms with Gasteiger partial charge in [-0.1, -0.05) is 25.5 Å². The number of nitrogens with one attached hydrogen (secondary N) is 2. The summed E-state index contributed by atoms with van der Waals surface area (Å²) in [6.07, 6.45) is 5.42. The summed E-state index contributed by atoms with van der Waals surface area (Å²) in [5.41, 5.74) is 2.00. The van der Waals surface area contributed by atoms with E-state index in [1.54, 1.807) is 25.1 Å². The Morgan fingerprint density at radius 3 is 2.58 bits per heavy atom. The molecule has 0 bridgehead atoms. The van der Waals surface area contributed by atoms with E-state index in [1.807, 2.05) is 13.0 Å². The summed E-state index contributed by atoms with van der Waals surface area (Å²) >= 11 is 2.83. The number of carbonyl (C=O) groups excluding carboxylic acids is 3. The number of carbonyl (C=O) groups is 3. The van der Waals surface area contributed by atoms with Crippen molar-refractivity contribution in [1.29, 1.82) is 0 Å². The second-order valence-electron chi connectivity index (χ2n) is 9.28. The van der Waals surface area contributed by atoms with E-state index in [1.165, 1.54) is 47.4 Å². The fourth-order valence-electron chi connectivity index (χ4n) is 4.54. The molecule has 0 radical (unpaired) electrons. The van der Waals surface area contributed by atoms with E-state index in [0.29, 0.717) is 22.7 Å². The lowest BCUT2D eigenvalue weighted by molar-refractivity contribution is -0.384. The normalized spacial score (nSPS) is 13.4. The third kappa shape index (κ3) is 7.08. The monoisotopic (exact) mass is 581 g/mol. The largest absolute Gasteiger partial charge is 0.462 e. The zero-order valence-corrected chi connectivity index (χ0v) is 24.0. The van der Waals surface area contributed by atoms with Crippen molar-refractivity contribution in [3.05, 3.63) is 80.2 Å². The molecule has 2 N–H and O–H groups in total. The number of fused-ring (bicyclic) bond motifs is 1. The number of nitro groups is 1. The molecule has 4 rings (SSSR count). The number of thiophene rings is 1. The number of anilines is 2. The van der Waals surface area contributed by atoms with E-state index >= 15 is 0 Å². The van der Waals surface area contributed by atoms with Crippen molar-refractivity contribution >= 4 is 57.3 Å². The number of nitrogens with zero attached hydrogens (tertiary/aromatic N) is 1. The van der Waals surface area contributed by atoms with Crippen LogP contribution in [0.3, 0.4) is 0 Å². The highest BCUT2D eigenvalue weighted by molar-refractivity contribution is 8.00. The number of thioether (sulfide) groups is 1. The summed E-state index contributed by atoms with van der Waals surface area (Å²) in [7, 11) is 0. The Hall–Kier alpha value is -3.70. The zero-order chi connectivity index (χ0) is 28.6. The van der Waals surface area contributed by atoms with Gasteiger partial charge in [-0.25, -0.2) is 4.79 Å². The number of aryl methyl sites for hydroxylation is 1. The highest BCUT2D eigenvalue weighted by Crippen LogP contribution is 2.39. The standard InChI is InChI=1S/C29H31N3O6S2/c1-3-23(27(34)31-28-25(29(35)38-4-2)22-14-6-5-7-15-24(22)40-28)39-21-13-9-11-19(17-21)30-26(33)18-10-8-12-20(16-18)32(36)37/h8-13,16-17,23H,3-7,14-15H2,1-2H3,(H,30,33)(H,31,34). The van der Waals surface area contributed by atoms with Crippen LogP contribution >= 0.6 is 23.1 Å². The molecule has 0 aliphatic heterocycles. The number of benzene rings is 2. The molecule has 1 heterocycles. The van der Waals surface area contributed by atoms with Crippen molar-refractivity contribution in [2.75, 3.05) is 17.2 Å². The van der Waals surface area contributed by atoms with Gasteiger partial charge in [0.15, 0.2) is 0 Å². The van der Waals surface area contributed by atoms with Crippen LogP contribution in [0.1, 0.15) is 70.7 Å². The summed E-state index contributed by atoms with van der Waals surface area (Å²) in [6, 6.07) is 12.6. The van der Waals surface area contributed by atoms with E-state index < -0.39 is 22.0 Å². The SMILES string of the molecule is CCOC(=O)c1c(NC(=O)C(CC)Sc2cccc(NC(=O)c3cccc([N+](=O)[O-])c3)c2)sc2c1CCCCC2. The molecule has 1 aliphatic carbocycles. The minimum Gasteiger partial charge on any atom is -0.462 e. The Balaban J connectivity index is 1.48. The molecule has 1 aliphatic rings. The van der Waals surface area contributed by atoms with Gasteiger partial charge in [0.1, 0.15) is 5.00 Å². The fourth-order valence-corrected chi connectivity index (χ4v) is 6.83. The van der Waals surface area contributed by atoms with Crippen LogP contribution in [-0.2, 0) is 22.4 Å². The summed E-state index contributed by atoms with van der Waals surface area (Å²) in [5, 5.41) is 16.9. The van der Waals surface area contributed by atoms with Gasteiger partial charge in [0.05, 0.1) is 22.3 Å². The van der Waals surface area contributed by atoms with Gasteiger partial charge in [0, 0.05) is 33.2 Å². The molecule has 3 aromatic rings. The van der Waals surface area contributed by atoms with Gasteiger partial charge in [0.2, 0.25) is 5.91 Å². The number of nitro benzene ring substituents is 1. The molecule has 11 heteroatoms. The maximum Gasteiger partial charge on any atom is 0.341 e. The van der Waals surface area contributed by atoms with Crippen LogP contribution in [-0.4, -0.2) is 34.6 Å². The summed E-state index contributed by atoms with van der Waals surface area (Å²) in [6.45, 7) is 3.95. The average molecular weight is 582 g/mol. The Kier molecular flexibility index (Phi) is 9.94. The van der Waals surface area contributed by atoms with Crippen LogP contribution in [0.25, 0.3) is 0 Å². The summed E-state index contributed by atoms with van der Waals surface area (Å²) in [4.78, 5) is 51.3. The lowest BCUT2D eigenvalue weighted by atomic mass is 10.1. The maximum absolute atomic E-state index is 13.4. The van der Waals surface area contributed by atoms with Crippen molar-refractivity contribution in [3.63, 3.8) is 0 Å². The van der Waals surface area contributed by atoms with E-state index in [2.05, 4.69) is 10.6 Å². The third-order valence-electron chi connectivity index (χ3n) is 6.49. The number of rotatable bonds is 10. The van der Waals surface area contributed by atoms with Gasteiger partial charge < -0.3 is 15.4 Å². The highest BCUT2D eigenvalue weighted by Gasteiger charge is 2.28. The van der Waals surface area contributed by atoms with Crippen molar-refractivity contribution < 1.29 is 24.0 Å². The van der Waals surface area contributed by atoms with Gasteiger partial charge in [0.25, 0.3) is 11.6 Å². The number of ether oxygens (including phenoxy) is 1. The van der Waals surface area contributed by atoms with Gasteiger partial charge in [-0.3, -0.25) is 19.7 Å². The van der Waals surface area contributed by atoms with Gasteiger partial charge in [-0.15, -0.1) is 23.1 Å². The first-order valence-corrected chi connectivity index (χ1v) is 14.9. The minimum atomic E-state index is -0.549. The fraction of sp³-hybridized carbons (Fsp3) is 0.345. The minimum absolute atomic E-state index is 0.165. The predicted molar refractivity (Wildman–Crippen MR) is 158 cm³/mol. The van der Waals surface area contributed by atoms with Crippen LogP contribution < -0.4 is 10.6 Å². The molecule has 0 saturated carbocycles. The van der Waals surface area contributed by atoms with E-state index in [4.69, 9.17) is 4.74 Å². The van der Waals surface area contributed by atoms with Crippen LogP contribution in [0.5, 0.6) is 0 Å². The first-order chi connectivity index (χ1) is 19.3. The molecule has 1 atom stereocenters. The van der Waals surface area contributed by atoms with Crippen molar-refractivity contribution in [3.8, 4) is 0 Å². The van der Waals surface area contributed by atoms with E-state index in [0.717, 1.165) is 47.4 Å². The average Bonchev–Trinajstić information content (AvgIpc) is 3.11. The van der Waals surface area contributed by atoms with E-state index in [-0.39, 0.29) is 23.8 Å². The van der Waals surface area contributed by atoms with Crippen LogP contribution in [0.15, 0.2) is 53.4 Å². The third-order valence-corrected chi connectivity index (χ3v) is 9.06. The number of hydrogen-bond acceptors (Lipinski definition) is 8. The van der Waals surface area contributed by atoms with Crippen molar-refractivity contribution in [2.24, 2.45) is 0 Å². The number of hydrogen-bond donors (Lipinski definition) is 2. The molecule has 0 fully saturated rings. The van der Waals surface area contributed by atoms with E-state index in [9.17, 15) is 24.5 Å². The quantitative estimate of drug-likeness (QED) is 0.0880. The lowest BCUT2D eigenvalue weighted by Crippen LogP contribution is -2.25. The highest BCUT2D eigenvalue weighted by atomic mass is 32.2. The maximum atomic E-state index is 13.4. The smallest absolute Gasteiger partial charge is 0.341 e. The van der Waals surface area contributed by atoms with Crippen LogP contribution in [0, 0.1) is 10.1 Å². The molecule has 0 spiro atoms. The van der Waals surface area contributed by atoms with Crippen LogP contribution in [0.4, 0.5) is 16.4 Å². The predicted octanol–water partition coefficient (Wildman–Crippen LogP) is 6.86. The van der Waals surface area contributed by atoms with Crippen molar-refractivity contribution in [1.82, 2.24) is 0 Å². The Morgan fingerprint density at radius 1 is 1.05 bits per heavy atom. The number of esters is 1. The lowest BCUT2D eigenvalue weighted by Gasteiger charge is -2.16. The van der Waals surface area contributed by atoms with Gasteiger partial charge in [-0.05, 0) is 68.9 Å². The molecule has 9 nitrogen and oxygen atoms in total. The first-order valence-electron chi connectivity index (χ1n) is 13.3.